The fraction of sp³-hybridized carbons (Fsp3) is 0.185. The maximum atomic E-state index is 13.3. The summed E-state index contributed by atoms with van der Waals surface area (Å²) in [5, 5.41) is 13.6. The number of aryl methyl sites for hydroxylation is 1. The fourth-order valence-corrected chi connectivity index (χ4v) is 4.96. The van der Waals surface area contributed by atoms with Crippen LogP contribution in [0.1, 0.15) is 50.4 Å². The lowest BCUT2D eigenvalue weighted by molar-refractivity contribution is 0.0937. The van der Waals surface area contributed by atoms with Crippen molar-refractivity contribution in [2.45, 2.75) is 32.0 Å². The minimum Gasteiger partial charge on any atom is -0.508 e. The molecule has 0 radical (unpaired) electrons. The zero-order valence-corrected chi connectivity index (χ0v) is 19.8. The van der Waals surface area contributed by atoms with Crippen molar-refractivity contribution >= 4 is 17.2 Å². The largest absolute Gasteiger partial charge is 0.508 e. The van der Waals surface area contributed by atoms with Crippen LogP contribution in [0, 0.1) is 6.92 Å². The first kappa shape index (κ1) is 23.6. The number of aromatic hydroxyl groups is 1. The molecule has 0 saturated carbocycles. The Hall–Kier alpha value is -3.52. The molecule has 34 heavy (non-hydrogen) atoms. The van der Waals surface area contributed by atoms with Gasteiger partial charge in [0.2, 0.25) is 0 Å². The number of hydrogen-bond donors (Lipinski definition) is 4. The van der Waals surface area contributed by atoms with Gasteiger partial charge in [0.05, 0.1) is 10.9 Å². The number of nitrogens with zero attached hydrogens (tertiary/aromatic N) is 1. The normalized spacial score (nSPS) is 12.8. The third kappa shape index (κ3) is 5.34. The SMILES string of the molecule is Cc1cncc(C(N)CC(NC(=O)c2ccc(-c3ccccc3CN)s2)c2ccccc2O)c1. The van der Waals surface area contributed by atoms with Crippen molar-refractivity contribution in [1.82, 2.24) is 10.3 Å². The summed E-state index contributed by atoms with van der Waals surface area (Å²) in [5.74, 6) is -0.101. The highest BCUT2D eigenvalue weighted by atomic mass is 32.1. The van der Waals surface area contributed by atoms with E-state index in [2.05, 4.69) is 10.3 Å². The lowest BCUT2D eigenvalue weighted by Gasteiger charge is -2.23. The van der Waals surface area contributed by atoms with Crippen LogP contribution in [0.4, 0.5) is 0 Å². The predicted octanol–water partition coefficient (Wildman–Crippen LogP) is 4.84. The van der Waals surface area contributed by atoms with Crippen molar-refractivity contribution < 1.29 is 9.90 Å². The van der Waals surface area contributed by atoms with Crippen molar-refractivity contribution in [3.05, 3.63) is 106 Å². The molecule has 0 aliphatic heterocycles. The molecule has 2 unspecified atom stereocenters. The first-order valence-corrected chi connectivity index (χ1v) is 11.9. The highest BCUT2D eigenvalue weighted by Crippen LogP contribution is 2.33. The molecule has 6 nitrogen and oxygen atoms in total. The van der Waals surface area contributed by atoms with Crippen LogP contribution in [-0.2, 0) is 6.54 Å². The van der Waals surface area contributed by atoms with Gasteiger partial charge >= 0.3 is 0 Å². The van der Waals surface area contributed by atoms with E-state index in [0.29, 0.717) is 23.4 Å². The molecule has 174 valence electrons. The van der Waals surface area contributed by atoms with Crippen LogP contribution < -0.4 is 16.8 Å². The van der Waals surface area contributed by atoms with E-state index >= 15 is 0 Å². The molecule has 0 saturated heterocycles. The molecule has 2 aromatic carbocycles. The van der Waals surface area contributed by atoms with Crippen LogP contribution in [0.3, 0.4) is 0 Å². The summed E-state index contributed by atoms with van der Waals surface area (Å²) >= 11 is 1.41. The summed E-state index contributed by atoms with van der Waals surface area (Å²) in [4.78, 5) is 19.0. The second-order valence-electron chi connectivity index (χ2n) is 8.25. The van der Waals surface area contributed by atoms with Gasteiger partial charge in [0.15, 0.2) is 0 Å². The first-order chi connectivity index (χ1) is 16.5. The number of para-hydroxylation sites is 1. The third-order valence-corrected chi connectivity index (χ3v) is 6.88. The van der Waals surface area contributed by atoms with E-state index in [-0.39, 0.29) is 17.7 Å². The average molecular weight is 473 g/mol. The van der Waals surface area contributed by atoms with Crippen LogP contribution in [0.25, 0.3) is 10.4 Å². The Kier molecular flexibility index (Phi) is 7.37. The van der Waals surface area contributed by atoms with Crippen LogP contribution >= 0.6 is 11.3 Å². The monoisotopic (exact) mass is 472 g/mol. The minimum atomic E-state index is -0.480. The number of aromatic nitrogens is 1. The van der Waals surface area contributed by atoms with Crippen molar-refractivity contribution in [2.75, 3.05) is 0 Å². The molecule has 4 aromatic rings. The molecule has 0 aliphatic carbocycles. The second-order valence-corrected chi connectivity index (χ2v) is 9.33. The van der Waals surface area contributed by atoms with Crippen molar-refractivity contribution in [3.8, 4) is 16.2 Å². The Balaban J connectivity index is 1.59. The number of nitrogens with two attached hydrogens (primary N) is 2. The molecule has 2 heterocycles. The molecular formula is C27H28N4O2S. The molecule has 6 N–H and O–H groups in total. The van der Waals surface area contributed by atoms with Crippen LogP contribution in [0.15, 0.2) is 79.1 Å². The molecule has 1 amide bonds. The van der Waals surface area contributed by atoms with Crippen molar-refractivity contribution in [1.29, 1.82) is 0 Å². The van der Waals surface area contributed by atoms with Crippen LogP contribution in [-0.4, -0.2) is 16.0 Å². The number of phenols is 1. The number of pyridine rings is 1. The smallest absolute Gasteiger partial charge is 0.261 e. The minimum absolute atomic E-state index is 0.117. The second kappa shape index (κ2) is 10.6. The zero-order chi connectivity index (χ0) is 24.1. The quantitative estimate of drug-likeness (QED) is 0.293. The van der Waals surface area contributed by atoms with E-state index in [1.165, 1.54) is 11.3 Å². The molecule has 0 bridgehead atoms. The zero-order valence-electron chi connectivity index (χ0n) is 18.9. The van der Waals surface area contributed by atoms with Gasteiger partial charge in [-0.1, -0.05) is 48.5 Å². The number of benzene rings is 2. The Labute approximate surface area is 203 Å². The summed E-state index contributed by atoms with van der Waals surface area (Å²) in [5.41, 5.74) is 17.0. The number of amides is 1. The summed E-state index contributed by atoms with van der Waals surface area (Å²) in [6, 6.07) is 19.8. The fourth-order valence-electron chi connectivity index (χ4n) is 3.99. The Bertz CT molecular complexity index is 1290. The van der Waals surface area contributed by atoms with E-state index in [1.54, 1.807) is 30.6 Å². The molecule has 2 aromatic heterocycles. The number of phenolic OH excluding ortho intramolecular Hbond substituents is 1. The molecule has 0 fully saturated rings. The number of nitrogens with one attached hydrogen (secondary N) is 1. The van der Waals surface area contributed by atoms with Gasteiger partial charge in [-0.25, -0.2) is 0 Å². The van der Waals surface area contributed by atoms with E-state index in [9.17, 15) is 9.90 Å². The standard InChI is InChI=1S/C27H28N4O2S/c1-17-12-19(16-30-15-17)22(29)13-23(21-8-4-5-9-24(21)32)31-27(33)26-11-10-25(34-26)20-7-3-2-6-18(20)14-28/h2-12,15-16,22-23,32H,13-14,28-29H2,1H3,(H,31,33). The van der Waals surface area contributed by atoms with Crippen molar-refractivity contribution in [3.63, 3.8) is 0 Å². The highest BCUT2D eigenvalue weighted by Gasteiger charge is 2.23. The first-order valence-electron chi connectivity index (χ1n) is 11.1. The van der Waals surface area contributed by atoms with Gasteiger partial charge in [-0.05, 0) is 53.8 Å². The number of carbonyl (C=O) groups excluding carboxylic acids is 1. The maximum absolute atomic E-state index is 13.3. The average Bonchev–Trinajstić information content (AvgIpc) is 3.34. The van der Waals surface area contributed by atoms with Gasteiger partial charge in [-0.2, -0.15) is 0 Å². The molecule has 7 heteroatoms. The van der Waals surface area contributed by atoms with E-state index < -0.39 is 6.04 Å². The van der Waals surface area contributed by atoms with Gasteiger partial charge in [0.25, 0.3) is 5.91 Å². The number of carbonyl (C=O) groups is 1. The van der Waals surface area contributed by atoms with Gasteiger partial charge < -0.3 is 21.9 Å². The summed E-state index contributed by atoms with van der Waals surface area (Å²) in [6.07, 6.45) is 3.92. The van der Waals surface area contributed by atoms with E-state index in [0.717, 1.165) is 27.1 Å². The number of thiophene rings is 1. The van der Waals surface area contributed by atoms with Gasteiger partial charge in [-0.3, -0.25) is 9.78 Å². The number of hydrogen-bond acceptors (Lipinski definition) is 6. The van der Waals surface area contributed by atoms with Gasteiger partial charge in [0, 0.05) is 35.4 Å². The predicted molar refractivity (Wildman–Crippen MR) is 136 cm³/mol. The molecule has 2 atom stereocenters. The topological polar surface area (TPSA) is 114 Å². The molecular weight excluding hydrogens is 444 g/mol. The van der Waals surface area contributed by atoms with Gasteiger partial charge in [-0.15, -0.1) is 11.3 Å². The third-order valence-electron chi connectivity index (χ3n) is 5.76. The Morgan fingerprint density at radius 2 is 1.85 bits per heavy atom. The summed E-state index contributed by atoms with van der Waals surface area (Å²) in [7, 11) is 0. The molecule has 0 spiro atoms. The lowest BCUT2D eigenvalue weighted by Crippen LogP contribution is -2.30. The van der Waals surface area contributed by atoms with E-state index in [1.807, 2.05) is 55.5 Å². The molecule has 4 rings (SSSR count). The maximum Gasteiger partial charge on any atom is 0.261 e. The van der Waals surface area contributed by atoms with Crippen molar-refractivity contribution in [2.24, 2.45) is 11.5 Å². The summed E-state index contributed by atoms with van der Waals surface area (Å²) < 4.78 is 0. The number of rotatable bonds is 8. The van der Waals surface area contributed by atoms with Gasteiger partial charge in [0.1, 0.15) is 5.75 Å². The van der Waals surface area contributed by atoms with Crippen LogP contribution in [0.5, 0.6) is 5.75 Å². The summed E-state index contributed by atoms with van der Waals surface area (Å²) in [6.45, 7) is 2.39. The van der Waals surface area contributed by atoms with Crippen LogP contribution in [0.2, 0.25) is 0 Å². The molecule has 0 aliphatic rings. The highest BCUT2D eigenvalue weighted by molar-refractivity contribution is 7.17. The van der Waals surface area contributed by atoms with E-state index in [4.69, 9.17) is 11.5 Å². The Morgan fingerprint density at radius 1 is 1.09 bits per heavy atom. The lowest BCUT2D eigenvalue weighted by atomic mass is 9.95. The Morgan fingerprint density at radius 3 is 2.62 bits per heavy atom.